The third-order valence-electron chi connectivity index (χ3n) is 12.5. The smallest absolute Gasteiger partial charge is 0.258 e. The van der Waals surface area contributed by atoms with E-state index in [4.69, 9.17) is 20.6 Å². The number of fused-ring (bicyclic) bond motifs is 2. The van der Waals surface area contributed by atoms with Gasteiger partial charge in [0.25, 0.3) is 5.91 Å². The summed E-state index contributed by atoms with van der Waals surface area (Å²) in [5.41, 5.74) is 13.2. The molecule has 16 nitrogen and oxygen atoms in total. The molecule has 3 saturated heterocycles. The standard InChI is InChI=1S/C44H53N11O5/c1-28(2)35-19-36(39(57)21-38(35)56)43(59)54-25-31-4-3-29(17-32(31)26-54)24-50-7-5-30(6-8-50)42(58)53-11-9-51(10-12-53)27-34-18-40-48-37(33-22-46-44(45)47-23-33)20-41(55(40)49-34)52-13-15-60-16-14-52/h3-4,17-23,28,30,56-57H,5-16,24-27H2,1-2H3,(H2,45,46,47). The minimum Gasteiger partial charge on any atom is -0.508 e. The number of anilines is 2. The van der Waals surface area contributed by atoms with E-state index >= 15 is 0 Å². The van der Waals surface area contributed by atoms with Crippen LogP contribution in [-0.2, 0) is 35.7 Å². The van der Waals surface area contributed by atoms with E-state index < -0.39 is 0 Å². The number of morpholine rings is 1. The number of benzene rings is 2. The molecule has 3 aromatic heterocycles. The Hall–Kier alpha value is -5.84. The lowest BCUT2D eigenvalue weighted by Gasteiger charge is -2.38. The number of piperidine rings is 1. The molecule has 5 aromatic rings. The summed E-state index contributed by atoms with van der Waals surface area (Å²) in [5, 5.41) is 25.8. The van der Waals surface area contributed by atoms with E-state index in [2.05, 4.69) is 47.8 Å². The van der Waals surface area contributed by atoms with Crippen molar-refractivity contribution < 1.29 is 24.5 Å². The maximum Gasteiger partial charge on any atom is 0.258 e. The van der Waals surface area contributed by atoms with Crippen LogP contribution in [-0.4, -0.2) is 132 Å². The number of phenolic OH excluding ortho intramolecular Hbond substituents is 2. The van der Waals surface area contributed by atoms with Crippen molar-refractivity contribution in [3.8, 4) is 22.8 Å². The number of phenols is 2. The van der Waals surface area contributed by atoms with E-state index in [-0.39, 0.29) is 46.7 Å². The SMILES string of the molecule is CC(C)c1cc(C(=O)N2Cc3ccc(CN4CCC(C(=O)N5CCN(Cc6cc7nc(-c8cnc(N)nc8)cc(N8CCOCC8)n7n6)CC5)CC4)cc3C2)c(O)cc1O. The molecule has 2 aromatic carbocycles. The lowest BCUT2D eigenvalue weighted by molar-refractivity contribution is -0.139. The molecule has 0 saturated carbocycles. The molecule has 4 aliphatic heterocycles. The summed E-state index contributed by atoms with van der Waals surface area (Å²) in [6.45, 7) is 13.8. The predicted octanol–water partition coefficient (Wildman–Crippen LogP) is 3.85. The van der Waals surface area contributed by atoms with Gasteiger partial charge in [-0.15, -0.1) is 0 Å². The number of ether oxygens (including phenoxy) is 1. The first-order valence-electron chi connectivity index (χ1n) is 21.1. The molecule has 0 radical (unpaired) electrons. The van der Waals surface area contributed by atoms with E-state index in [9.17, 15) is 19.8 Å². The van der Waals surface area contributed by atoms with Crippen molar-refractivity contribution in [2.75, 3.05) is 76.2 Å². The zero-order valence-corrected chi connectivity index (χ0v) is 34.3. The number of nitrogens with two attached hydrogens (primary N) is 1. The number of aromatic nitrogens is 5. The molecule has 2 amide bonds. The fourth-order valence-corrected chi connectivity index (χ4v) is 9.02. The summed E-state index contributed by atoms with van der Waals surface area (Å²) in [5.74, 6) is 1.02. The molecule has 0 atom stereocenters. The van der Waals surface area contributed by atoms with Gasteiger partial charge < -0.3 is 35.4 Å². The van der Waals surface area contributed by atoms with Gasteiger partial charge in [-0.05, 0) is 60.2 Å². The van der Waals surface area contributed by atoms with Gasteiger partial charge in [0, 0.05) is 108 Å². The second kappa shape index (κ2) is 16.7. The number of rotatable bonds is 9. The summed E-state index contributed by atoms with van der Waals surface area (Å²) >= 11 is 0. The Morgan fingerprint density at radius 3 is 2.27 bits per heavy atom. The second-order valence-electron chi connectivity index (χ2n) is 16.8. The van der Waals surface area contributed by atoms with Gasteiger partial charge in [0.1, 0.15) is 17.3 Å². The minimum atomic E-state index is -0.246. The minimum absolute atomic E-state index is 0.00316. The zero-order chi connectivity index (χ0) is 41.5. The zero-order valence-electron chi connectivity index (χ0n) is 34.3. The number of nitrogens with zero attached hydrogens (tertiary/aromatic N) is 10. The van der Waals surface area contributed by atoms with Crippen LogP contribution in [0.4, 0.5) is 11.8 Å². The molecule has 16 heteroatoms. The van der Waals surface area contributed by atoms with Crippen LogP contribution in [0.2, 0.25) is 0 Å². The molecule has 60 heavy (non-hydrogen) atoms. The quantitative estimate of drug-likeness (QED) is 0.195. The van der Waals surface area contributed by atoms with Crippen LogP contribution in [0.5, 0.6) is 11.5 Å². The van der Waals surface area contributed by atoms with Crippen LogP contribution >= 0.6 is 0 Å². The van der Waals surface area contributed by atoms with Crippen LogP contribution in [0.25, 0.3) is 16.9 Å². The molecule has 4 N–H and O–H groups in total. The van der Waals surface area contributed by atoms with E-state index in [1.54, 1.807) is 23.4 Å². The third-order valence-corrected chi connectivity index (χ3v) is 12.5. The Morgan fingerprint density at radius 2 is 1.53 bits per heavy atom. The van der Waals surface area contributed by atoms with Crippen molar-refractivity contribution in [1.29, 1.82) is 0 Å². The highest BCUT2D eigenvalue weighted by molar-refractivity contribution is 5.97. The van der Waals surface area contributed by atoms with Crippen molar-refractivity contribution in [2.45, 2.75) is 58.8 Å². The molecule has 0 unspecified atom stereocenters. The van der Waals surface area contributed by atoms with Gasteiger partial charge >= 0.3 is 0 Å². The lowest BCUT2D eigenvalue weighted by Crippen LogP contribution is -2.51. The molecule has 3 fully saturated rings. The number of hydrogen-bond donors (Lipinski definition) is 3. The van der Waals surface area contributed by atoms with Crippen LogP contribution in [0.15, 0.2) is 54.9 Å². The fraction of sp³-hybridized carbons (Fsp3) is 0.455. The van der Waals surface area contributed by atoms with E-state index in [1.165, 1.54) is 11.6 Å². The molecular weight excluding hydrogens is 763 g/mol. The maximum absolute atomic E-state index is 13.7. The first kappa shape index (κ1) is 39.6. The van der Waals surface area contributed by atoms with Gasteiger partial charge in [-0.3, -0.25) is 19.4 Å². The predicted molar refractivity (Wildman–Crippen MR) is 225 cm³/mol. The third kappa shape index (κ3) is 8.18. The number of carbonyl (C=O) groups excluding carboxylic acids is 2. The largest absolute Gasteiger partial charge is 0.508 e. The van der Waals surface area contributed by atoms with Crippen molar-refractivity contribution in [2.24, 2.45) is 5.92 Å². The summed E-state index contributed by atoms with van der Waals surface area (Å²) in [4.78, 5) is 51.3. The lowest BCUT2D eigenvalue weighted by atomic mass is 9.94. The fourth-order valence-electron chi connectivity index (χ4n) is 9.02. The average Bonchev–Trinajstić information content (AvgIpc) is 3.88. The number of amides is 2. The van der Waals surface area contributed by atoms with Crippen molar-refractivity contribution >= 4 is 29.2 Å². The Bertz CT molecular complexity index is 2380. The summed E-state index contributed by atoms with van der Waals surface area (Å²) in [6, 6.07) is 13.4. The normalized spacial score (nSPS) is 18.1. The number of nitrogen functional groups attached to an aromatic ring is 1. The van der Waals surface area contributed by atoms with E-state index in [0.29, 0.717) is 51.5 Å². The van der Waals surface area contributed by atoms with Gasteiger partial charge in [-0.2, -0.15) is 9.61 Å². The van der Waals surface area contributed by atoms with Crippen LogP contribution in [0.3, 0.4) is 0 Å². The highest BCUT2D eigenvalue weighted by atomic mass is 16.5. The van der Waals surface area contributed by atoms with Gasteiger partial charge in [-0.1, -0.05) is 32.0 Å². The summed E-state index contributed by atoms with van der Waals surface area (Å²) in [6.07, 6.45) is 5.06. The molecule has 0 aliphatic carbocycles. The van der Waals surface area contributed by atoms with Crippen LogP contribution < -0.4 is 10.6 Å². The molecule has 0 bridgehead atoms. The monoisotopic (exact) mass is 815 g/mol. The Kier molecular flexibility index (Phi) is 11.0. The van der Waals surface area contributed by atoms with E-state index in [0.717, 1.165) is 98.2 Å². The number of aromatic hydroxyl groups is 2. The van der Waals surface area contributed by atoms with Gasteiger partial charge in [-0.25, -0.2) is 15.0 Å². The first-order chi connectivity index (χ1) is 29.1. The van der Waals surface area contributed by atoms with Crippen LogP contribution in [0, 0.1) is 5.92 Å². The molecule has 314 valence electrons. The summed E-state index contributed by atoms with van der Waals surface area (Å²) < 4.78 is 7.54. The summed E-state index contributed by atoms with van der Waals surface area (Å²) in [7, 11) is 0. The number of carbonyl (C=O) groups is 2. The Balaban J connectivity index is 0.766. The van der Waals surface area contributed by atoms with Gasteiger partial charge in [0.15, 0.2) is 5.65 Å². The number of likely N-dealkylation sites (tertiary alicyclic amines) is 1. The first-order valence-corrected chi connectivity index (χ1v) is 21.1. The van der Waals surface area contributed by atoms with Crippen molar-refractivity contribution in [3.05, 3.63) is 88.4 Å². The Labute approximate surface area is 349 Å². The van der Waals surface area contributed by atoms with Crippen molar-refractivity contribution in [1.82, 2.24) is 44.2 Å². The number of hydrogen-bond acceptors (Lipinski definition) is 13. The molecular formula is C44H53N11O5. The number of piperazine rings is 1. The van der Waals surface area contributed by atoms with E-state index in [1.807, 2.05) is 30.5 Å². The maximum atomic E-state index is 13.7. The topological polar surface area (TPSA) is 182 Å². The average molecular weight is 816 g/mol. The molecule has 4 aliphatic rings. The van der Waals surface area contributed by atoms with Crippen molar-refractivity contribution in [3.63, 3.8) is 0 Å². The molecule has 0 spiro atoms. The second-order valence-corrected chi connectivity index (χ2v) is 16.8. The van der Waals surface area contributed by atoms with Crippen LogP contribution in [0.1, 0.15) is 70.9 Å². The highest BCUT2D eigenvalue weighted by Crippen LogP contribution is 2.35. The highest BCUT2D eigenvalue weighted by Gasteiger charge is 2.32. The molecule has 7 heterocycles. The van der Waals surface area contributed by atoms with Gasteiger partial charge in [0.2, 0.25) is 11.9 Å². The molecule has 9 rings (SSSR count). The Morgan fingerprint density at radius 1 is 0.817 bits per heavy atom. The van der Waals surface area contributed by atoms with Gasteiger partial charge in [0.05, 0.1) is 30.2 Å².